The molecule has 2 nitrogen and oxygen atoms in total. The standard InChI is InChI=1S/C8H16O2/c1-4-6-7(3)10-8(9)5-2/h7H,4-6H2,1-3H3/t7-/m0/s1. The van der Waals surface area contributed by atoms with Gasteiger partial charge < -0.3 is 4.74 Å². The highest BCUT2D eigenvalue weighted by Crippen LogP contribution is 2.01. The molecule has 0 saturated heterocycles. The maximum Gasteiger partial charge on any atom is 0.305 e. The molecule has 1 atom stereocenters. The van der Waals surface area contributed by atoms with E-state index in [0.29, 0.717) is 6.42 Å². The maximum absolute atomic E-state index is 10.7. The Morgan fingerprint density at radius 2 is 2.10 bits per heavy atom. The molecular weight excluding hydrogens is 128 g/mol. The van der Waals surface area contributed by atoms with Gasteiger partial charge in [0.2, 0.25) is 0 Å². The van der Waals surface area contributed by atoms with Crippen LogP contribution in [0.1, 0.15) is 40.0 Å². The summed E-state index contributed by atoms with van der Waals surface area (Å²) in [6, 6.07) is 0. The second kappa shape index (κ2) is 5.27. The molecule has 0 heterocycles. The van der Waals surface area contributed by atoms with Crippen molar-refractivity contribution in [1.82, 2.24) is 0 Å². The molecule has 0 aliphatic rings. The van der Waals surface area contributed by atoms with Gasteiger partial charge in [-0.15, -0.1) is 0 Å². The Balaban J connectivity index is 3.37. The summed E-state index contributed by atoms with van der Waals surface area (Å²) in [6.45, 7) is 5.81. The van der Waals surface area contributed by atoms with Gasteiger partial charge in [-0.05, 0) is 13.3 Å². The van der Waals surface area contributed by atoms with Crippen LogP contribution in [-0.2, 0) is 9.53 Å². The van der Waals surface area contributed by atoms with Gasteiger partial charge in [0.05, 0.1) is 6.10 Å². The lowest BCUT2D eigenvalue weighted by Crippen LogP contribution is -2.13. The highest BCUT2D eigenvalue weighted by molar-refractivity contribution is 5.69. The number of hydrogen-bond acceptors (Lipinski definition) is 2. The van der Waals surface area contributed by atoms with Crippen molar-refractivity contribution in [3.8, 4) is 0 Å². The van der Waals surface area contributed by atoms with E-state index in [1.165, 1.54) is 0 Å². The van der Waals surface area contributed by atoms with Gasteiger partial charge in [-0.2, -0.15) is 0 Å². The highest BCUT2D eigenvalue weighted by atomic mass is 16.5. The van der Waals surface area contributed by atoms with E-state index in [-0.39, 0.29) is 12.1 Å². The van der Waals surface area contributed by atoms with Crippen molar-refractivity contribution in [3.05, 3.63) is 0 Å². The number of rotatable bonds is 4. The van der Waals surface area contributed by atoms with Crippen molar-refractivity contribution < 1.29 is 9.53 Å². The van der Waals surface area contributed by atoms with Crippen LogP contribution in [0.25, 0.3) is 0 Å². The largest absolute Gasteiger partial charge is 0.463 e. The summed E-state index contributed by atoms with van der Waals surface area (Å²) >= 11 is 0. The van der Waals surface area contributed by atoms with E-state index in [1.807, 2.05) is 6.92 Å². The molecule has 0 fully saturated rings. The van der Waals surface area contributed by atoms with Crippen LogP contribution >= 0.6 is 0 Å². The summed E-state index contributed by atoms with van der Waals surface area (Å²) in [5.41, 5.74) is 0. The number of ether oxygens (including phenoxy) is 1. The van der Waals surface area contributed by atoms with Crippen LogP contribution in [0, 0.1) is 0 Å². The Kier molecular flexibility index (Phi) is 4.99. The molecule has 0 N–H and O–H groups in total. The van der Waals surface area contributed by atoms with Crippen LogP contribution < -0.4 is 0 Å². The van der Waals surface area contributed by atoms with Gasteiger partial charge in [-0.25, -0.2) is 0 Å². The molecule has 0 rings (SSSR count). The first-order valence-corrected chi connectivity index (χ1v) is 3.90. The second-order valence-electron chi connectivity index (χ2n) is 2.44. The Morgan fingerprint density at radius 3 is 2.50 bits per heavy atom. The van der Waals surface area contributed by atoms with Gasteiger partial charge in [0.15, 0.2) is 0 Å². The monoisotopic (exact) mass is 144 g/mol. The normalized spacial score (nSPS) is 12.7. The third kappa shape index (κ3) is 4.36. The van der Waals surface area contributed by atoms with Gasteiger partial charge in [-0.3, -0.25) is 4.79 Å². The SMILES string of the molecule is CCC[C@H](C)OC(=O)CC. The van der Waals surface area contributed by atoms with Gasteiger partial charge in [-0.1, -0.05) is 20.3 Å². The van der Waals surface area contributed by atoms with Crippen LogP contribution in [0.4, 0.5) is 0 Å². The predicted molar refractivity (Wildman–Crippen MR) is 40.8 cm³/mol. The van der Waals surface area contributed by atoms with E-state index in [4.69, 9.17) is 4.74 Å². The Hall–Kier alpha value is -0.530. The van der Waals surface area contributed by atoms with Crippen LogP contribution in [0.2, 0.25) is 0 Å². The number of hydrogen-bond donors (Lipinski definition) is 0. The molecule has 0 aromatic carbocycles. The quantitative estimate of drug-likeness (QED) is 0.565. The van der Waals surface area contributed by atoms with Crippen LogP contribution in [0.3, 0.4) is 0 Å². The zero-order chi connectivity index (χ0) is 7.98. The van der Waals surface area contributed by atoms with Gasteiger partial charge >= 0.3 is 5.97 Å². The zero-order valence-electron chi connectivity index (χ0n) is 7.02. The van der Waals surface area contributed by atoms with Crippen molar-refractivity contribution in [1.29, 1.82) is 0 Å². The summed E-state index contributed by atoms with van der Waals surface area (Å²) < 4.78 is 5.00. The fourth-order valence-electron chi connectivity index (χ4n) is 0.773. The predicted octanol–water partition coefficient (Wildman–Crippen LogP) is 2.13. The average molecular weight is 144 g/mol. The molecule has 0 aromatic rings. The summed E-state index contributed by atoms with van der Waals surface area (Å²) in [5, 5.41) is 0. The first kappa shape index (κ1) is 9.47. The summed E-state index contributed by atoms with van der Waals surface area (Å²) in [6.07, 6.45) is 2.61. The first-order chi connectivity index (χ1) is 4.70. The molecule has 0 amide bonds. The summed E-state index contributed by atoms with van der Waals surface area (Å²) in [7, 11) is 0. The highest BCUT2D eigenvalue weighted by Gasteiger charge is 2.04. The van der Waals surface area contributed by atoms with E-state index < -0.39 is 0 Å². The molecule has 0 aliphatic heterocycles. The maximum atomic E-state index is 10.7. The van der Waals surface area contributed by atoms with Crippen molar-refractivity contribution in [3.63, 3.8) is 0 Å². The van der Waals surface area contributed by atoms with E-state index in [2.05, 4.69) is 6.92 Å². The zero-order valence-corrected chi connectivity index (χ0v) is 7.02. The number of carbonyl (C=O) groups is 1. The Bertz CT molecular complexity index is 99.4. The lowest BCUT2D eigenvalue weighted by molar-refractivity contribution is -0.148. The van der Waals surface area contributed by atoms with Crippen molar-refractivity contribution in [2.45, 2.75) is 46.1 Å². The number of esters is 1. The molecule has 0 unspecified atom stereocenters. The molecule has 10 heavy (non-hydrogen) atoms. The minimum absolute atomic E-state index is 0.0949. The molecule has 0 bridgehead atoms. The van der Waals surface area contributed by atoms with Crippen LogP contribution in [0.5, 0.6) is 0 Å². The van der Waals surface area contributed by atoms with Crippen molar-refractivity contribution in [2.24, 2.45) is 0 Å². The van der Waals surface area contributed by atoms with Crippen LogP contribution in [-0.4, -0.2) is 12.1 Å². The molecule has 60 valence electrons. The summed E-state index contributed by atoms with van der Waals surface area (Å²) in [4.78, 5) is 10.7. The fraction of sp³-hybridized carbons (Fsp3) is 0.875. The topological polar surface area (TPSA) is 26.3 Å². The van der Waals surface area contributed by atoms with Gasteiger partial charge in [0.25, 0.3) is 0 Å². The minimum atomic E-state index is -0.0963. The lowest BCUT2D eigenvalue weighted by atomic mass is 10.2. The first-order valence-electron chi connectivity index (χ1n) is 3.90. The lowest BCUT2D eigenvalue weighted by Gasteiger charge is -2.10. The second-order valence-corrected chi connectivity index (χ2v) is 2.44. The molecule has 2 heteroatoms. The van der Waals surface area contributed by atoms with Gasteiger partial charge in [0.1, 0.15) is 0 Å². The third-order valence-electron chi connectivity index (χ3n) is 1.32. The smallest absolute Gasteiger partial charge is 0.305 e. The third-order valence-corrected chi connectivity index (χ3v) is 1.32. The van der Waals surface area contributed by atoms with Crippen LogP contribution in [0.15, 0.2) is 0 Å². The minimum Gasteiger partial charge on any atom is -0.463 e. The molecule has 0 aliphatic carbocycles. The molecular formula is C8H16O2. The molecule has 0 aromatic heterocycles. The van der Waals surface area contributed by atoms with Crippen molar-refractivity contribution >= 4 is 5.97 Å². The van der Waals surface area contributed by atoms with E-state index in [1.54, 1.807) is 6.92 Å². The Labute approximate surface area is 62.6 Å². The fourth-order valence-corrected chi connectivity index (χ4v) is 0.773. The summed E-state index contributed by atoms with van der Waals surface area (Å²) in [5.74, 6) is -0.0963. The molecule has 0 spiro atoms. The van der Waals surface area contributed by atoms with E-state index >= 15 is 0 Å². The van der Waals surface area contributed by atoms with Crippen molar-refractivity contribution in [2.75, 3.05) is 0 Å². The van der Waals surface area contributed by atoms with E-state index in [9.17, 15) is 4.79 Å². The number of carbonyl (C=O) groups excluding carboxylic acids is 1. The molecule has 0 saturated carbocycles. The van der Waals surface area contributed by atoms with Gasteiger partial charge in [0, 0.05) is 6.42 Å². The Morgan fingerprint density at radius 1 is 1.50 bits per heavy atom. The average Bonchev–Trinajstić information content (AvgIpc) is 1.88. The molecule has 0 radical (unpaired) electrons. The van der Waals surface area contributed by atoms with E-state index in [0.717, 1.165) is 12.8 Å².